The number of rotatable bonds is 8. The molecule has 12 heteroatoms. The quantitative estimate of drug-likeness (QED) is 0.596. The van der Waals surface area contributed by atoms with Gasteiger partial charge >= 0.3 is 6.18 Å². The normalized spacial score (nSPS) is 16.2. The van der Waals surface area contributed by atoms with Crippen molar-refractivity contribution < 1.29 is 22.5 Å². The van der Waals surface area contributed by atoms with Crippen LogP contribution >= 0.6 is 0 Å². The third-order valence-electron chi connectivity index (χ3n) is 5.35. The highest BCUT2D eigenvalue weighted by Gasteiger charge is 2.31. The number of anilines is 2. The SMILES string of the molecule is CN(CCCO)c1cc(S(=O)N2CCC(Nc3ncc(C(F)(F)F)cn3)CC2)ccc1C#N. The van der Waals surface area contributed by atoms with Gasteiger partial charge in [-0.3, -0.25) is 0 Å². The molecule has 0 amide bonds. The zero-order chi connectivity index (χ0) is 24.0. The van der Waals surface area contributed by atoms with E-state index in [0.717, 1.165) is 12.4 Å². The van der Waals surface area contributed by atoms with Crippen molar-refractivity contribution in [2.75, 3.05) is 43.5 Å². The molecule has 1 aliphatic rings. The van der Waals surface area contributed by atoms with Crippen LogP contribution in [0.2, 0.25) is 0 Å². The molecule has 2 N–H and O–H groups in total. The molecule has 1 unspecified atom stereocenters. The molecular weight excluding hydrogens is 457 g/mol. The summed E-state index contributed by atoms with van der Waals surface area (Å²) in [6, 6.07) is 7.16. The van der Waals surface area contributed by atoms with E-state index in [1.165, 1.54) is 0 Å². The Morgan fingerprint density at radius 3 is 2.55 bits per heavy atom. The van der Waals surface area contributed by atoms with Crippen LogP contribution in [0.25, 0.3) is 0 Å². The Bertz CT molecular complexity index is 1000. The summed E-state index contributed by atoms with van der Waals surface area (Å²) >= 11 is 0. The second kappa shape index (κ2) is 10.9. The molecule has 2 heterocycles. The van der Waals surface area contributed by atoms with Crippen molar-refractivity contribution in [3.05, 3.63) is 41.7 Å². The number of hydrogen-bond acceptors (Lipinski definition) is 7. The molecule has 0 bridgehead atoms. The number of benzene rings is 1. The van der Waals surface area contributed by atoms with Crippen LogP contribution in [-0.2, 0) is 17.2 Å². The summed E-state index contributed by atoms with van der Waals surface area (Å²) in [5, 5.41) is 21.5. The van der Waals surface area contributed by atoms with E-state index in [4.69, 9.17) is 5.11 Å². The van der Waals surface area contributed by atoms with Crippen LogP contribution in [0.4, 0.5) is 24.8 Å². The first-order valence-corrected chi connectivity index (χ1v) is 11.5. The number of nitrogens with one attached hydrogen (secondary N) is 1. The first kappa shape index (κ1) is 24.9. The number of aromatic nitrogens is 2. The number of halogens is 3. The van der Waals surface area contributed by atoms with E-state index >= 15 is 0 Å². The predicted octanol–water partition coefficient (Wildman–Crippen LogP) is 2.78. The molecule has 3 rings (SSSR count). The molecule has 0 saturated carbocycles. The molecule has 178 valence electrons. The monoisotopic (exact) mass is 482 g/mol. The highest BCUT2D eigenvalue weighted by Crippen LogP contribution is 2.29. The summed E-state index contributed by atoms with van der Waals surface area (Å²) in [4.78, 5) is 9.92. The maximum Gasteiger partial charge on any atom is 0.419 e. The van der Waals surface area contributed by atoms with E-state index < -0.39 is 22.7 Å². The van der Waals surface area contributed by atoms with Crippen molar-refractivity contribution in [1.29, 1.82) is 5.26 Å². The largest absolute Gasteiger partial charge is 0.419 e. The van der Waals surface area contributed by atoms with Gasteiger partial charge in [-0.1, -0.05) is 0 Å². The fourth-order valence-corrected chi connectivity index (χ4v) is 4.74. The highest BCUT2D eigenvalue weighted by atomic mass is 32.2. The minimum absolute atomic E-state index is 0.0400. The molecule has 1 aromatic heterocycles. The topological polar surface area (TPSA) is 105 Å². The van der Waals surface area contributed by atoms with E-state index in [1.807, 2.05) is 16.3 Å². The molecule has 8 nitrogen and oxygen atoms in total. The molecule has 0 radical (unpaired) electrons. The number of nitrogens with zero attached hydrogens (tertiary/aromatic N) is 5. The van der Waals surface area contributed by atoms with Gasteiger partial charge in [0.1, 0.15) is 17.1 Å². The van der Waals surface area contributed by atoms with Crippen molar-refractivity contribution >= 4 is 22.6 Å². The van der Waals surface area contributed by atoms with Crippen LogP contribution < -0.4 is 10.2 Å². The molecule has 1 fully saturated rings. The Hall–Kier alpha value is -2.75. The molecule has 0 aliphatic carbocycles. The number of nitriles is 1. The second-order valence-corrected chi connectivity index (χ2v) is 9.17. The highest BCUT2D eigenvalue weighted by molar-refractivity contribution is 7.82. The summed E-state index contributed by atoms with van der Waals surface area (Å²) in [7, 11) is 0.395. The van der Waals surface area contributed by atoms with Crippen molar-refractivity contribution in [3.8, 4) is 6.07 Å². The van der Waals surface area contributed by atoms with Crippen molar-refractivity contribution in [1.82, 2.24) is 14.3 Å². The van der Waals surface area contributed by atoms with Gasteiger partial charge in [-0.05, 0) is 37.5 Å². The molecule has 2 aromatic rings. The first-order chi connectivity index (χ1) is 15.7. The Balaban J connectivity index is 1.60. The fraction of sp³-hybridized carbons (Fsp3) is 0.476. The number of aliphatic hydroxyl groups excluding tert-OH is 1. The smallest absolute Gasteiger partial charge is 0.396 e. The van der Waals surface area contributed by atoms with Crippen LogP contribution in [0.5, 0.6) is 0 Å². The van der Waals surface area contributed by atoms with Gasteiger partial charge in [0, 0.05) is 51.7 Å². The van der Waals surface area contributed by atoms with E-state index in [0.29, 0.717) is 55.0 Å². The van der Waals surface area contributed by atoms with Crippen LogP contribution in [0, 0.1) is 11.3 Å². The van der Waals surface area contributed by atoms with E-state index in [2.05, 4.69) is 21.4 Å². The number of aliphatic hydroxyl groups is 1. The van der Waals surface area contributed by atoms with Gasteiger partial charge < -0.3 is 15.3 Å². The van der Waals surface area contributed by atoms with Crippen molar-refractivity contribution in [2.24, 2.45) is 0 Å². The Kier molecular flexibility index (Phi) is 8.23. The summed E-state index contributed by atoms with van der Waals surface area (Å²) in [5.41, 5.74) is 0.227. The predicted molar refractivity (Wildman–Crippen MR) is 118 cm³/mol. The summed E-state index contributed by atoms with van der Waals surface area (Å²) in [6.07, 6.45) is -1.19. The van der Waals surface area contributed by atoms with Gasteiger partial charge in [-0.15, -0.1) is 0 Å². The average Bonchev–Trinajstić information content (AvgIpc) is 2.82. The van der Waals surface area contributed by atoms with Gasteiger partial charge in [0.25, 0.3) is 0 Å². The van der Waals surface area contributed by atoms with Crippen LogP contribution in [-0.4, -0.2) is 62.9 Å². The summed E-state index contributed by atoms with van der Waals surface area (Å²) in [5.74, 6) is 0.130. The molecule has 1 aromatic carbocycles. The Morgan fingerprint density at radius 2 is 1.97 bits per heavy atom. The van der Waals surface area contributed by atoms with E-state index in [1.54, 1.807) is 18.2 Å². The number of piperidine rings is 1. The van der Waals surface area contributed by atoms with Crippen molar-refractivity contribution in [2.45, 2.75) is 36.4 Å². The molecule has 1 aliphatic heterocycles. The molecular formula is C21H25F3N6O2S. The lowest BCUT2D eigenvalue weighted by Gasteiger charge is -2.31. The number of alkyl halides is 3. The van der Waals surface area contributed by atoms with Crippen molar-refractivity contribution in [3.63, 3.8) is 0 Å². The van der Waals surface area contributed by atoms with Crippen LogP contribution in [0.1, 0.15) is 30.4 Å². The van der Waals surface area contributed by atoms with Crippen LogP contribution in [0.15, 0.2) is 35.5 Å². The average molecular weight is 483 g/mol. The zero-order valence-corrected chi connectivity index (χ0v) is 18.9. The zero-order valence-electron chi connectivity index (χ0n) is 18.0. The molecule has 33 heavy (non-hydrogen) atoms. The second-order valence-electron chi connectivity index (χ2n) is 7.68. The van der Waals surface area contributed by atoms with Gasteiger partial charge in [0.15, 0.2) is 0 Å². The maximum absolute atomic E-state index is 13.1. The molecule has 1 atom stereocenters. The van der Waals surface area contributed by atoms with Gasteiger partial charge in [-0.25, -0.2) is 18.5 Å². The third kappa shape index (κ3) is 6.40. The summed E-state index contributed by atoms with van der Waals surface area (Å²) in [6.45, 7) is 1.63. The molecule has 1 saturated heterocycles. The van der Waals surface area contributed by atoms with Gasteiger partial charge in [0.2, 0.25) is 5.95 Å². The lowest BCUT2D eigenvalue weighted by molar-refractivity contribution is -0.138. The number of hydrogen-bond donors (Lipinski definition) is 2. The van der Waals surface area contributed by atoms with Gasteiger partial charge in [-0.2, -0.15) is 18.4 Å². The summed E-state index contributed by atoms with van der Waals surface area (Å²) < 4.78 is 52.9. The standard InChI is InChI=1S/C21H25F3N6O2S/c1-29(7-2-10-31)19-11-18(4-3-15(19)12-25)33(32)30-8-5-17(6-9-30)28-20-26-13-16(14-27-20)21(22,23)24/h3-4,11,13-14,17,31H,2,5-10H2,1H3,(H,26,27,28). The van der Waals surface area contributed by atoms with Crippen LogP contribution in [0.3, 0.4) is 0 Å². The van der Waals surface area contributed by atoms with E-state index in [9.17, 15) is 22.6 Å². The lowest BCUT2D eigenvalue weighted by atomic mass is 10.1. The Morgan fingerprint density at radius 1 is 1.30 bits per heavy atom. The first-order valence-electron chi connectivity index (χ1n) is 10.4. The third-order valence-corrected chi connectivity index (χ3v) is 6.85. The maximum atomic E-state index is 13.1. The lowest BCUT2D eigenvalue weighted by Crippen LogP contribution is -2.40. The minimum atomic E-state index is -4.48. The minimum Gasteiger partial charge on any atom is -0.396 e. The fourth-order valence-electron chi connectivity index (χ4n) is 3.51. The van der Waals surface area contributed by atoms with Gasteiger partial charge in [0.05, 0.1) is 21.7 Å². The van der Waals surface area contributed by atoms with E-state index in [-0.39, 0.29) is 18.6 Å². The molecule has 0 spiro atoms. The Labute approximate surface area is 192 Å².